The summed E-state index contributed by atoms with van der Waals surface area (Å²) in [5.74, 6) is -1.40. The quantitative estimate of drug-likeness (QED) is 0.644. The molecule has 12 heteroatoms. The number of nitrogens with zero attached hydrogens (tertiary/aromatic N) is 1. The molecule has 0 bridgehead atoms. The van der Waals surface area contributed by atoms with Crippen molar-refractivity contribution in [3.63, 3.8) is 0 Å². The molecular weight excluding hydrogens is 458 g/mol. The standard InChI is InChI=1S/C20H23N3O7S2/c1-13(24)21-14-6-5-7-15(10-14)22-32(28,29)18-11-16(8-9-17(18)30-4)23-19(25)20(2,3)12-31(23,26)27/h5-11,22H,12H2,1-4H3,(H,21,24). The third kappa shape index (κ3) is 4.55. The van der Waals surface area contributed by atoms with E-state index in [-0.39, 0.29) is 33.7 Å². The molecule has 2 N–H and O–H groups in total. The zero-order chi connectivity index (χ0) is 23.9. The molecule has 1 fully saturated rings. The fourth-order valence-corrected chi connectivity index (χ4v) is 6.68. The van der Waals surface area contributed by atoms with Gasteiger partial charge < -0.3 is 10.1 Å². The highest BCUT2D eigenvalue weighted by Crippen LogP contribution is 2.38. The minimum atomic E-state index is -4.26. The Labute approximate surface area is 186 Å². The molecular formula is C20H23N3O7S2. The van der Waals surface area contributed by atoms with Crippen LogP contribution < -0.4 is 19.1 Å². The molecule has 172 valence electrons. The third-order valence-corrected chi connectivity index (χ3v) is 8.11. The molecule has 0 saturated carbocycles. The highest BCUT2D eigenvalue weighted by Gasteiger charge is 2.50. The molecule has 1 heterocycles. The average Bonchev–Trinajstić information content (AvgIpc) is 2.83. The molecule has 2 aromatic carbocycles. The Morgan fingerprint density at radius 3 is 2.34 bits per heavy atom. The fourth-order valence-electron chi connectivity index (χ4n) is 3.34. The number of ether oxygens (including phenoxy) is 1. The van der Waals surface area contributed by atoms with Crippen molar-refractivity contribution in [2.75, 3.05) is 27.2 Å². The van der Waals surface area contributed by atoms with Gasteiger partial charge in [-0.05, 0) is 50.2 Å². The van der Waals surface area contributed by atoms with E-state index in [1.165, 1.54) is 52.1 Å². The first-order valence-corrected chi connectivity index (χ1v) is 12.5. The van der Waals surface area contributed by atoms with Gasteiger partial charge in [-0.1, -0.05) is 6.07 Å². The Kier molecular flexibility index (Phi) is 5.96. The molecule has 0 atom stereocenters. The van der Waals surface area contributed by atoms with Gasteiger partial charge in [0.2, 0.25) is 21.8 Å². The Morgan fingerprint density at radius 1 is 1.12 bits per heavy atom. The van der Waals surface area contributed by atoms with E-state index < -0.39 is 31.4 Å². The van der Waals surface area contributed by atoms with Crippen molar-refractivity contribution >= 4 is 48.9 Å². The van der Waals surface area contributed by atoms with E-state index in [9.17, 15) is 26.4 Å². The molecule has 0 aromatic heterocycles. The maximum absolute atomic E-state index is 13.1. The lowest BCUT2D eigenvalue weighted by Crippen LogP contribution is -2.33. The highest BCUT2D eigenvalue weighted by molar-refractivity contribution is 7.94. The number of carbonyl (C=O) groups excluding carboxylic acids is 2. The van der Waals surface area contributed by atoms with Crippen molar-refractivity contribution in [1.82, 2.24) is 0 Å². The summed E-state index contributed by atoms with van der Waals surface area (Å²) in [6.45, 7) is 4.34. The number of nitrogens with one attached hydrogen (secondary N) is 2. The lowest BCUT2D eigenvalue weighted by molar-refractivity contribution is -0.123. The summed E-state index contributed by atoms with van der Waals surface area (Å²) < 4.78 is 59.6. The third-order valence-electron chi connectivity index (χ3n) is 4.69. The molecule has 1 aliphatic heterocycles. The van der Waals surface area contributed by atoms with Crippen LogP contribution in [0.15, 0.2) is 47.4 Å². The van der Waals surface area contributed by atoms with Crippen LogP contribution in [0.3, 0.4) is 0 Å². The van der Waals surface area contributed by atoms with Crippen molar-refractivity contribution in [2.24, 2.45) is 5.41 Å². The van der Waals surface area contributed by atoms with Gasteiger partial charge in [-0.15, -0.1) is 0 Å². The molecule has 0 radical (unpaired) electrons. The highest BCUT2D eigenvalue weighted by atomic mass is 32.2. The lowest BCUT2D eigenvalue weighted by atomic mass is 9.95. The first-order chi connectivity index (χ1) is 14.8. The maximum Gasteiger partial charge on any atom is 0.265 e. The molecule has 0 spiro atoms. The van der Waals surface area contributed by atoms with Crippen LogP contribution in [0.2, 0.25) is 0 Å². The molecule has 32 heavy (non-hydrogen) atoms. The van der Waals surface area contributed by atoms with Crippen LogP contribution in [0, 0.1) is 5.41 Å². The van der Waals surface area contributed by atoms with Crippen LogP contribution in [-0.2, 0) is 29.6 Å². The Balaban J connectivity index is 2.04. The van der Waals surface area contributed by atoms with E-state index in [1.54, 1.807) is 12.1 Å². The number of hydrogen-bond acceptors (Lipinski definition) is 7. The second-order valence-corrected chi connectivity index (χ2v) is 11.4. The summed E-state index contributed by atoms with van der Waals surface area (Å²) in [6, 6.07) is 9.72. The second-order valence-electron chi connectivity index (χ2n) is 7.91. The van der Waals surface area contributed by atoms with E-state index in [1.807, 2.05) is 0 Å². The smallest absolute Gasteiger partial charge is 0.265 e. The number of hydrogen-bond donors (Lipinski definition) is 2. The normalized spacial score (nSPS) is 17.1. The van der Waals surface area contributed by atoms with Crippen LogP contribution in [0.5, 0.6) is 5.75 Å². The van der Waals surface area contributed by atoms with Crippen LogP contribution >= 0.6 is 0 Å². The lowest BCUT2D eigenvalue weighted by Gasteiger charge is -2.19. The monoisotopic (exact) mass is 481 g/mol. The molecule has 0 unspecified atom stereocenters. The van der Waals surface area contributed by atoms with Crippen molar-refractivity contribution in [1.29, 1.82) is 0 Å². The Hall–Kier alpha value is -3.12. The number of rotatable bonds is 6. The number of anilines is 3. The Morgan fingerprint density at radius 2 is 1.78 bits per heavy atom. The molecule has 2 amide bonds. The zero-order valence-corrected chi connectivity index (χ0v) is 19.5. The van der Waals surface area contributed by atoms with Crippen molar-refractivity contribution in [2.45, 2.75) is 25.7 Å². The van der Waals surface area contributed by atoms with Crippen molar-refractivity contribution < 1.29 is 31.2 Å². The SMILES string of the molecule is COc1ccc(N2C(=O)C(C)(C)CS2(=O)=O)cc1S(=O)(=O)Nc1cccc(NC(C)=O)c1. The number of benzene rings is 2. The van der Waals surface area contributed by atoms with Gasteiger partial charge in [0.05, 0.1) is 29.7 Å². The average molecular weight is 482 g/mol. The largest absolute Gasteiger partial charge is 0.495 e. The summed E-state index contributed by atoms with van der Waals surface area (Å²) in [5.41, 5.74) is -0.696. The predicted octanol–water partition coefficient (Wildman–Crippen LogP) is 2.16. The maximum atomic E-state index is 13.1. The second kappa shape index (κ2) is 8.10. The van der Waals surface area contributed by atoms with Gasteiger partial charge in [0, 0.05) is 12.6 Å². The number of sulfonamides is 2. The molecule has 3 rings (SSSR count). The first kappa shape index (κ1) is 23.5. The van der Waals surface area contributed by atoms with E-state index in [0.717, 1.165) is 6.07 Å². The van der Waals surface area contributed by atoms with Gasteiger partial charge in [0.1, 0.15) is 10.6 Å². The van der Waals surface area contributed by atoms with Gasteiger partial charge in [-0.25, -0.2) is 21.1 Å². The first-order valence-electron chi connectivity index (χ1n) is 9.43. The van der Waals surface area contributed by atoms with Gasteiger partial charge >= 0.3 is 0 Å². The summed E-state index contributed by atoms with van der Waals surface area (Å²) in [6.07, 6.45) is 0. The summed E-state index contributed by atoms with van der Waals surface area (Å²) >= 11 is 0. The molecule has 1 aliphatic rings. The van der Waals surface area contributed by atoms with E-state index in [2.05, 4.69) is 10.0 Å². The predicted molar refractivity (Wildman–Crippen MR) is 120 cm³/mol. The van der Waals surface area contributed by atoms with Crippen LogP contribution in [-0.4, -0.2) is 41.5 Å². The van der Waals surface area contributed by atoms with Gasteiger partial charge in [0.25, 0.3) is 10.0 Å². The summed E-state index contributed by atoms with van der Waals surface area (Å²) in [5, 5.41) is 2.55. The number of carbonyl (C=O) groups is 2. The van der Waals surface area contributed by atoms with Crippen molar-refractivity contribution in [3.05, 3.63) is 42.5 Å². The van der Waals surface area contributed by atoms with Crippen LogP contribution in [0.1, 0.15) is 20.8 Å². The molecule has 1 saturated heterocycles. The van der Waals surface area contributed by atoms with E-state index in [0.29, 0.717) is 9.99 Å². The minimum absolute atomic E-state index is 0.0393. The topological polar surface area (TPSA) is 139 Å². The zero-order valence-electron chi connectivity index (χ0n) is 17.9. The molecule has 2 aromatic rings. The number of methoxy groups -OCH3 is 1. The Bertz CT molecular complexity index is 1300. The van der Waals surface area contributed by atoms with Gasteiger partial charge in [-0.2, -0.15) is 0 Å². The summed E-state index contributed by atoms with van der Waals surface area (Å²) in [7, 11) is -6.95. The number of amides is 2. The van der Waals surface area contributed by atoms with Crippen LogP contribution in [0.4, 0.5) is 17.1 Å². The van der Waals surface area contributed by atoms with Gasteiger partial charge in [-0.3, -0.25) is 14.3 Å². The minimum Gasteiger partial charge on any atom is -0.495 e. The molecule has 10 nitrogen and oxygen atoms in total. The van der Waals surface area contributed by atoms with E-state index >= 15 is 0 Å². The van der Waals surface area contributed by atoms with Crippen molar-refractivity contribution in [3.8, 4) is 5.75 Å². The van der Waals surface area contributed by atoms with Gasteiger partial charge in [0.15, 0.2) is 0 Å². The summed E-state index contributed by atoms with van der Waals surface area (Å²) in [4.78, 5) is 23.6. The fraction of sp³-hybridized carbons (Fsp3) is 0.300. The molecule has 0 aliphatic carbocycles. The van der Waals surface area contributed by atoms with E-state index in [4.69, 9.17) is 4.74 Å². The van der Waals surface area contributed by atoms with Crippen LogP contribution in [0.25, 0.3) is 0 Å².